The summed E-state index contributed by atoms with van der Waals surface area (Å²) in [4.78, 5) is 24.1. The van der Waals surface area contributed by atoms with Crippen molar-refractivity contribution in [3.63, 3.8) is 0 Å². The number of rotatable bonds is 7. The van der Waals surface area contributed by atoms with Crippen molar-refractivity contribution in [2.24, 2.45) is 0 Å². The molecule has 1 aliphatic heterocycles. The Hall–Kier alpha value is -3.80. The molecule has 11 heteroatoms. The van der Waals surface area contributed by atoms with E-state index in [1.54, 1.807) is 49.5 Å². The highest BCUT2D eigenvalue weighted by Gasteiger charge is 2.32. The molecule has 1 aliphatic rings. The Kier molecular flexibility index (Phi) is 6.57. The van der Waals surface area contributed by atoms with Gasteiger partial charge in [0, 0.05) is 36.1 Å². The first-order valence-electron chi connectivity index (χ1n) is 12.4. The average Bonchev–Trinajstić information content (AvgIpc) is 3.35. The summed E-state index contributed by atoms with van der Waals surface area (Å²) in [7, 11) is -0.598. The van der Waals surface area contributed by atoms with Crippen molar-refractivity contribution in [3.8, 4) is 11.5 Å². The van der Waals surface area contributed by atoms with Crippen molar-refractivity contribution < 1.29 is 17.9 Å². The summed E-state index contributed by atoms with van der Waals surface area (Å²) in [5.41, 5.74) is 2.26. The fraction of sp³-hybridized carbons (Fsp3) is 0.250. The molecule has 0 N–H and O–H groups in total. The minimum atomic E-state index is -3.78. The van der Waals surface area contributed by atoms with Crippen LogP contribution in [-0.4, -0.2) is 48.0 Å². The van der Waals surface area contributed by atoms with E-state index in [-0.39, 0.29) is 23.5 Å². The van der Waals surface area contributed by atoms with Gasteiger partial charge in [-0.2, -0.15) is 4.31 Å². The summed E-state index contributed by atoms with van der Waals surface area (Å²) in [6.07, 6.45) is 4.24. The second-order valence-corrected chi connectivity index (χ2v) is 12.3. The highest BCUT2D eigenvalue weighted by atomic mass is 32.2. The molecular weight excluding hydrogens is 536 g/mol. The molecule has 0 amide bonds. The van der Waals surface area contributed by atoms with Crippen LogP contribution in [0.1, 0.15) is 16.0 Å². The van der Waals surface area contributed by atoms with Gasteiger partial charge in [-0.15, -0.1) is 11.3 Å². The van der Waals surface area contributed by atoms with Crippen LogP contribution in [0.25, 0.3) is 21.1 Å². The highest BCUT2D eigenvalue weighted by molar-refractivity contribution is 7.89. The number of benzene rings is 2. The topological polar surface area (TPSA) is 104 Å². The Bertz CT molecular complexity index is 1880. The van der Waals surface area contributed by atoms with Gasteiger partial charge in [0.1, 0.15) is 9.73 Å². The lowest BCUT2D eigenvalue weighted by molar-refractivity contribution is 0.354. The zero-order chi connectivity index (χ0) is 27.1. The lowest BCUT2D eigenvalue weighted by Crippen LogP contribution is -2.35. The Balaban J connectivity index is 1.28. The number of methoxy groups -OCH3 is 2. The zero-order valence-corrected chi connectivity index (χ0v) is 23.1. The summed E-state index contributed by atoms with van der Waals surface area (Å²) < 4.78 is 41.1. The van der Waals surface area contributed by atoms with Crippen molar-refractivity contribution in [2.75, 3.05) is 20.8 Å². The highest BCUT2D eigenvalue weighted by Crippen LogP contribution is 2.35. The van der Waals surface area contributed by atoms with Crippen molar-refractivity contribution in [1.29, 1.82) is 0 Å². The molecule has 0 radical (unpaired) electrons. The van der Waals surface area contributed by atoms with Gasteiger partial charge in [-0.3, -0.25) is 14.3 Å². The number of aromatic nitrogens is 3. The molecule has 4 heterocycles. The third-order valence-electron chi connectivity index (χ3n) is 7.10. The van der Waals surface area contributed by atoms with Crippen molar-refractivity contribution in [1.82, 2.24) is 18.8 Å². The number of aryl methyl sites for hydroxylation is 2. The van der Waals surface area contributed by atoms with E-state index in [0.717, 1.165) is 21.4 Å². The number of hydrogen-bond donors (Lipinski definition) is 0. The molecule has 2 aromatic carbocycles. The fourth-order valence-electron chi connectivity index (χ4n) is 5.07. The third-order valence-corrected chi connectivity index (χ3v) is 10.1. The number of fused-ring (bicyclic) bond motifs is 4. The van der Waals surface area contributed by atoms with Crippen LogP contribution in [0.4, 0.5) is 0 Å². The molecular formula is C28H26N4O5S2. The van der Waals surface area contributed by atoms with Gasteiger partial charge in [0.05, 0.1) is 31.4 Å². The fourth-order valence-corrected chi connectivity index (χ4v) is 7.92. The van der Waals surface area contributed by atoms with Crippen LogP contribution in [0.2, 0.25) is 0 Å². The first kappa shape index (κ1) is 25.5. The number of pyridine rings is 1. The molecule has 200 valence electrons. The molecule has 3 aromatic heterocycles. The van der Waals surface area contributed by atoms with Crippen LogP contribution in [0.15, 0.2) is 70.7 Å². The predicted molar refractivity (Wildman–Crippen MR) is 150 cm³/mol. The van der Waals surface area contributed by atoms with Crippen LogP contribution in [0.5, 0.6) is 11.5 Å². The summed E-state index contributed by atoms with van der Waals surface area (Å²) in [6.45, 7) is 0.938. The van der Waals surface area contributed by atoms with E-state index in [0.29, 0.717) is 46.6 Å². The van der Waals surface area contributed by atoms with Crippen molar-refractivity contribution in [2.45, 2.75) is 30.8 Å². The molecule has 0 saturated heterocycles. The van der Waals surface area contributed by atoms with Gasteiger partial charge < -0.3 is 9.47 Å². The molecule has 0 fully saturated rings. The Morgan fingerprint density at radius 1 is 1.03 bits per heavy atom. The van der Waals surface area contributed by atoms with Gasteiger partial charge >= 0.3 is 0 Å². The summed E-state index contributed by atoms with van der Waals surface area (Å²) in [6, 6.07) is 14.5. The van der Waals surface area contributed by atoms with Gasteiger partial charge in [-0.05, 0) is 48.2 Å². The number of thiophene rings is 1. The average molecular weight is 563 g/mol. The molecule has 6 rings (SSSR count). The first-order valence-corrected chi connectivity index (χ1v) is 14.7. The molecule has 39 heavy (non-hydrogen) atoms. The van der Waals surface area contributed by atoms with E-state index in [4.69, 9.17) is 9.47 Å². The maximum absolute atomic E-state index is 13.6. The van der Waals surface area contributed by atoms with E-state index in [2.05, 4.69) is 9.97 Å². The number of sulfonamides is 1. The normalized spacial score (nSPS) is 14.0. The second kappa shape index (κ2) is 10.1. The predicted octanol–water partition coefficient (Wildman–Crippen LogP) is 4.01. The standard InChI is InChI=1S/C28H26N4O5S2/c1-36-21-9-8-18(15-22(21)37-2)10-13-31-17-30-27-25(28(31)33)20-11-14-32(16-23(20)38-27)39(34,35)24-7-3-5-19-6-4-12-29-26(19)24/h3-9,12,15,17H,10-11,13-14,16H2,1-2H3. The van der Waals surface area contributed by atoms with Gasteiger partial charge in [0.25, 0.3) is 5.56 Å². The lowest BCUT2D eigenvalue weighted by Gasteiger charge is -2.26. The molecule has 0 saturated carbocycles. The SMILES string of the molecule is COc1ccc(CCn2cnc3sc4c(c3c2=O)CCN(S(=O)(=O)c2cccc3cccnc23)C4)cc1OC. The largest absolute Gasteiger partial charge is 0.493 e. The zero-order valence-electron chi connectivity index (χ0n) is 21.5. The van der Waals surface area contributed by atoms with E-state index in [1.807, 2.05) is 30.3 Å². The van der Waals surface area contributed by atoms with E-state index < -0.39 is 10.0 Å². The maximum atomic E-state index is 13.6. The number of para-hydroxylation sites is 1. The summed E-state index contributed by atoms with van der Waals surface area (Å²) in [5, 5.41) is 1.37. The molecule has 0 bridgehead atoms. The Morgan fingerprint density at radius 2 is 1.85 bits per heavy atom. The monoisotopic (exact) mass is 562 g/mol. The van der Waals surface area contributed by atoms with E-state index in [1.165, 1.54) is 15.6 Å². The minimum absolute atomic E-state index is 0.104. The van der Waals surface area contributed by atoms with Crippen molar-refractivity contribution in [3.05, 3.63) is 87.4 Å². The molecule has 9 nitrogen and oxygen atoms in total. The molecule has 0 unspecified atom stereocenters. The first-order chi connectivity index (χ1) is 18.9. The molecule has 5 aromatic rings. The number of hydrogen-bond acceptors (Lipinski definition) is 8. The molecule has 0 aliphatic carbocycles. The van der Waals surface area contributed by atoms with E-state index in [9.17, 15) is 13.2 Å². The third kappa shape index (κ3) is 4.46. The van der Waals surface area contributed by atoms with Crippen LogP contribution in [0, 0.1) is 0 Å². The van der Waals surface area contributed by atoms with E-state index >= 15 is 0 Å². The number of nitrogens with zero attached hydrogens (tertiary/aromatic N) is 4. The van der Waals surface area contributed by atoms with Crippen LogP contribution >= 0.6 is 11.3 Å². The molecule has 0 atom stereocenters. The maximum Gasteiger partial charge on any atom is 0.262 e. The summed E-state index contributed by atoms with van der Waals surface area (Å²) in [5.74, 6) is 1.29. The Labute approximate surface area is 229 Å². The summed E-state index contributed by atoms with van der Waals surface area (Å²) >= 11 is 1.39. The van der Waals surface area contributed by atoms with Crippen LogP contribution in [-0.2, 0) is 36.0 Å². The van der Waals surface area contributed by atoms with Gasteiger partial charge in [0.2, 0.25) is 10.0 Å². The second-order valence-electron chi connectivity index (χ2n) is 9.29. The minimum Gasteiger partial charge on any atom is -0.493 e. The van der Waals surface area contributed by atoms with Gasteiger partial charge in [-0.25, -0.2) is 13.4 Å². The van der Waals surface area contributed by atoms with Crippen LogP contribution in [0.3, 0.4) is 0 Å². The quantitative estimate of drug-likeness (QED) is 0.295. The van der Waals surface area contributed by atoms with Crippen LogP contribution < -0.4 is 15.0 Å². The smallest absolute Gasteiger partial charge is 0.262 e. The number of ether oxygens (including phenoxy) is 2. The lowest BCUT2D eigenvalue weighted by atomic mass is 10.1. The Morgan fingerprint density at radius 3 is 2.67 bits per heavy atom. The van der Waals surface area contributed by atoms with Gasteiger partial charge in [0.15, 0.2) is 11.5 Å². The molecule has 0 spiro atoms. The van der Waals surface area contributed by atoms with Gasteiger partial charge in [-0.1, -0.05) is 24.3 Å². The van der Waals surface area contributed by atoms with Crippen molar-refractivity contribution >= 4 is 42.5 Å².